The number of hydrogen-bond acceptors (Lipinski definition) is 13. The van der Waals surface area contributed by atoms with Crippen molar-refractivity contribution in [2.45, 2.75) is 130 Å². The van der Waals surface area contributed by atoms with Gasteiger partial charge in [-0.15, -0.1) is 0 Å². The summed E-state index contributed by atoms with van der Waals surface area (Å²) in [4.78, 5) is 124. The molecule has 24 heteroatoms. The zero-order valence-electron chi connectivity index (χ0n) is 49.8. The van der Waals surface area contributed by atoms with Crippen LogP contribution in [0.1, 0.15) is 122 Å². The quantitative estimate of drug-likeness (QED) is 0.0171. The van der Waals surface area contributed by atoms with Gasteiger partial charge in [-0.1, -0.05) is 83.5 Å². The lowest BCUT2D eigenvalue weighted by atomic mass is 9.84. The average molecular weight is 1200 g/mol. The minimum Gasteiger partial charge on any atom is -0.461 e. The highest BCUT2D eigenvalue weighted by Crippen LogP contribution is 2.40. The van der Waals surface area contributed by atoms with E-state index in [1.54, 1.807) is 48.9 Å². The number of hydrogen-bond donors (Lipinski definition) is 5. The number of rotatable bonds is 34. The molecule has 0 spiro atoms. The van der Waals surface area contributed by atoms with Crippen LogP contribution >= 0.6 is 0 Å². The molecule has 4 atom stereocenters. The maximum atomic E-state index is 15.2. The summed E-state index contributed by atoms with van der Waals surface area (Å²) in [6.07, 6.45) is 5.25. The summed E-state index contributed by atoms with van der Waals surface area (Å²) in [5.41, 5.74) is 12.3. The lowest BCUT2D eigenvalue weighted by Gasteiger charge is -2.40. The first-order chi connectivity index (χ1) is 40.8. The lowest BCUT2D eigenvalue weighted by molar-refractivity contribution is -0.145. The number of carbonyl (C=O) groups is 9. The standard InChI is InChI=1S/C62H81F3N10O11/c1-40(2)56(71-51(77)18-11-8-12-31-74-52(78)26-27-53(74)79)50(76)33-43(17-13-29-68-60(67)83)59(82)69-46-23-20-42(21-24-46)38-85-55(81)19-14-30-72(6)61(84)86-39-54(80)75(32-28-45(66)35-63)57(62(3,4)5)58-70-49(47-34-44(64)22-25-48(47)65)37-73(58)36-41-15-9-7-10-16-41/h7,9-10,15-16,20-27,34,37,40,43,45,56-57H,8,11-14,17-19,28-33,35-36,38-39,66H2,1-6H3,(H,69,82)(H,71,77)(H3,67,68,83)/t43-,45+,56+,57+/m1/s1. The summed E-state index contributed by atoms with van der Waals surface area (Å²) in [5, 5.41) is 8.11. The molecule has 0 fully saturated rings. The Labute approximate surface area is 499 Å². The van der Waals surface area contributed by atoms with Crippen LogP contribution in [-0.4, -0.2) is 136 Å². The first-order valence-electron chi connectivity index (χ1n) is 28.8. The number of anilines is 1. The van der Waals surface area contributed by atoms with E-state index in [0.717, 1.165) is 28.7 Å². The topological polar surface area (TPSA) is 288 Å². The minimum atomic E-state index is -0.923. The number of unbranched alkanes of at least 4 members (excludes halogenated alkanes) is 2. The molecule has 8 amide bonds. The highest BCUT2D eigenvalue weighted by molar-refractivity contribution is 6.12. The Balaban J connectivity index is 1.12. The van der Waals surface area contributed by atoms with Crippen LogP contribution in [0.4, 0.5) is 28.4 Å². The van der Waals surface area contributed by atoms with E-state index < -0.39 is 84.3 Å². The molecule has 0 unspecified atom stereocenters. The number of benzene rings is 3. The van der Waals surface area contributed by atoms with E-state index in [-0.39, 0.29) is 119 Å². The second-order valence-electron chi connectivity index (χ2n) is 22.8. The number of ketones is 1. The summed E-state index contributed by atoms with van der Waals surface area (Å²) in [5.74, 6) is -5.36. The molecule has 0 saturated heterocycles. The molecular weight excluding hydrogens is 1120 g/mol. The van der Waals surface area contributed by atoms with Crippen molar-refractivity contribution >= 4 is 59.1 Å². The Kier molecular flexibility index (Phi) is 26.5. The number of primary amides is 1. The van der Waals surface area contributed by atoms with Gasteiger partial charge in [0.1, 0.15) is 30.7 Å². The molecule has 1 aliphatic rings. The number of urea groups is 1. The molecular formula is C62H81F3N10O11. The molecule has 0 aliphatic carbocycles. The van der Waals surface area contributed by atoms with Crippen molar-refractivity contribution in [2.24, 2.45) is 28.7 Å². The number of ether oxygens (including phenoxy) is 2. The van der Waals surface area contributed by atoms with Crippen molar-refractivity contribution in [3.05, 3.63) is 120 Å². The van der Waals surface area contributed by atoms with Crippen LogP contribution < -0.4 is 27.4 Å². The van der Waals surface area contributed by atoms with Crippen LogP contribution in [0.25, 0.3) is 11.3 Å². The molecule has 1 aliphatic heterocycles. The maximum absolute atomic E-state index is 15.2. The summed E-state index contributed by atoms with van der Waals surface area (Å²) in [7, 11) is 1.43. The van der Waals surface area contributed by atoms with Gasteiger partial charge in [-0.3, -0.25) is 38.5 Å². The van der Waals surface area contributed by atoms with Crippen LogP contribution in [0.5, 0.6) is 0 Å². The number of nitrogens with one attached hydrogen (secondary N) is 3. The Morgan fingerprint density at radius 2 is 1.51 bits per heavy atom. The number of imide groups is 1. The van der Waals surface area contributed by atoms with E-state index in [0.29, 0.717) is 42.8 Å². The highest BCUT2D eigenvalue weighted by atomic mass is 19.1. The molecule has 3 aromatic carbocycles. The Bertz CT molecular complexity index is 2990. The molecule has 0 radical (unpaired) electrons. The van der Waals surface area contributed by atoms with Crippen LogP contribution in [0.3, 0.4) is 0 Å². The summed E-state index contributed by atoms with van der Waals surface area (Å²) >= 11 is 0. The molecule has 2 heterocycles. The molecule has 86 heavy (non-hydrogen) atoms. The van der Waals surface area contributed by atoms with Gasteiger partial charge in [0, 0.05) is 101 Å². The van der Waals surface area contributed by atoms with Crippen molar-refractivity contribution in [1.82, 2.24) is 34.9 Å². The zero-order valence-corrected chi connectivity index (χ0v) is 49.8. The van der Waals surface area contributed by atoms with E-state index in [4.69, 9.17) is 25.9 Å². The van der Waals surface area contributed by atoms with Gasteiger partial charge in [-0.05, 0) is 91.3 Å². The summed E-state index contributed by atoms with van der Waals surface area (Å²) < 4.78 is 56.2. The number of imidazole rings is 1. The molecule has 1 aromatic heterocycles. The van der Waals surface area contributed by atoms with Gasteiger partial charge < -0.3 is 51.3 Å². The van der Waals surface area contributed by atoms with Gasteiger partial charge in [-0.25, -0.2) is 27.7 Å². The Morgan fingerprint density at radius 1 is 0.814 bits per heavy atom. The first-order valence-corrected chi connectivity index (χ1v) is 28.8. The molecule has 0 saturated carbocycles. The third kappa shape index (κ3) is 21.6. The van der Waals surface area contributed by atoms with E-state index >= 15 is 4.39 Å². The molecule has 466 valence electrons. The molecule has 0 bridgehead atoms. The second kappa shape index (κ2) is 33.3. The predicted molar refractivity (Wildman–Crippen MR) is 315 cm³/mol. The van der Waals surface area contributed by atoms with E-state index in [2.05, 4.69) is 16.0 Å². The number of amides is 8. The molecule has 4 aromatic rings. The van der Waals surface area contributed by atoms with Crippen LogP contribution in [0.15, 0.2) is 91.1 Å². The van der Waals surface area contributed by atoms with Gasteiger partial charge in [0.15, 0.2) is 12.4 Å². The van der Waals surface area contributed by atoms with Crippen LogP contribution in [0, 0.1) is 28.9 Å². The number of alkyl halides is 1. The van der Waals surface area contributed by atoms with Gasteiger partial charge in [0.25, 0.3) is 17.7 Å². The van der Waals surface area contributed by atoms with Crippen molar-refractivity contribution < 1.29 is 65.8 Å². The Morgan fingerprint density at radius 3 is 2.16 bits per heavy atom. The third-order valence-corrected chi connectivity index (χ3v) is 14.3. The van der Waals surface area contributed by atoms with Crippen molar-refractivity contribution in [2.75, 3.05) is 51.8 Å². The number of esters is 1. The summed E-state index contributed by atoms with van der Waals surface area (Å²) in [6, 6.07) is 15.4. The number of aromatic nitrogens is 2. The molecule has 7 N–H and O–H groups in total. The largest absolute Gasteiger partial charge is 0.461 e. The van der Waals surface area contributed by atoms with E-state index in [9.17, 15) is 51.9 Å². The van der Waals surface area contributed by atoms with E-state index in [1.165, 1.54) is 29.0 Å². The predicted octanol–water partition coefficient (Wildman–Crippen LogP) is 7.66. The van der Waals surface area contributed by atoms with Crippen molar-refractivity contribution in [1.29, 1.82) is 0 Å². The summed E-state index contributed by atoms with van der Waals surface area (Å²) in [6.45, 7) is 8.05. The fourth-order valence-corrected chi connectivity index (χ4v) is 9.69. The maximum Gasteiger partial charge on any atom is 0.410 e. The Hall–Kier alpha value is -8.41. The SMILES string of the molecule is CC(C)[C@H](NC(=O)CCCCCN1C(=O)C=CC1=O)C(=O)C[C@@H](CCCNC(N)=O)C(=O)Nc1ccc(COC(=O)CCCN(C)C(=O)OCC(=O)N(CC[C@H](N)CF)[C@@H](c2nc(-c3cc(F)ccc3F)cn2Cc2ccccc2)C(C)(C)C)cc1. The highest BCUT2D eigenvalue weighted by Gasteiger charge is 2.39. The number of nitrogens with two attached hydrogens (primary N) is 2. The van der Waals surface area contributed by atoms with Gasteiger partial charge in [0.2, 0.25) is 11.8 Å². The molecule has 21 nitrogen and oxygen atoms in total. The van der Waals surface area contributed by atoms with E-state index in [1.807, 2.05) is 51.1 Å². The second-order valence-corrected chi connectivity index (χ2v) is 22.8. The molecule has 5 rings (SSSR count). The van der Waals surface area contributed by atoms with Crippen LogP contribution in [-0.2, 0) is 56.2 Å². The number of Topliss-reactive ketones (excluding diaryl/α,β-unsaturated/α-hetero) is 1. The van der Waals surface area contributed by atoms with Crippen molar-refractivity contribution in [3.63, 3.8) is 0 Å². The smallest absolute Gasteiger partial charge is 0.410 e. The van der Waals surface area contributed by atoms with Crippen LogP contribution in [0.2, 0.25) is 0 Å². The normalized spacial score (nSPS) is 13.6. The first kappa shape index (κ1) is 68.4. The zero-order chi connectivity index (χ0) is 63.1. The van der Waals surface area contributed by atoms with Gasteiger partial charge in [0.05, 0.1) is 17.8 Å². The number of nitrogens with zero attached hydrogens (tertiary/aromatic N) is 5. The number of carbonyl (C=O) groups excluding carboxylic acids is 9. The monoisotopic (exact) mass is 1200 g/mol. The fourth-order valence-electron chi connectivity index (χ4n) is 9.69. The average Bonchev–Trinajstić information content (AvgIpc) is 1.76. The number of halogens is 3. The lowest BCUT2D eigenvalue weighted by Crippen LogP contribution is -2.46. The minimum absolute atomic E-state index is 0.0327. The van der Waals surface area contributed by atoms with Gasteiger partial charge in [-0.2, -0.15) is 0 Å². The van der Waals surface area contributed by atoms with Crippen molar-refractivity contribution in [3.8, 4) is 11.3 Å². The third-order valence-electron chi connectivity index (χ3n) is 14.3. The van der Waals surface area contributed by atoms with Gasteiger partial charge >= 0.3 is 18.1 Å². The fraction of sp³-hybridized carbons (Fsp3) is 0.484.